The molecule has 0 aromatic heterocycles. The van der Waals surface area contributed by atoms with Gasteiger partial charge in [-0.15, -0.1) is 0 Å². The average molecular weight is 266 g/mol. The number of halogens is 1. The third-order valence-corrected chi connectivity index (χ3v) is 3.38. The van der Waals surface area contributed by atoms with Crippen molar-refractivity contribution in [3.05, 3.63) is 35.6 Å². The summed E-state index contributed by atoms with van der Waals surface area (Å²) in [5, 5.41) is 8.93. The lowest BCUT2D eigenvalue weighted by Gasteiger charge is -2.21. The zero-order chi connectivity index (χ0) is 13.7. The maximum atomic E-state index is 12.8. The minimum Gasteiger partial charge on any atom is -0.395 e. The SMILES string of the molecule is O=C(c1ccc(F)cc1)N1CCCN(CCO)CC1. The molecule has 1 aromatic rings. The standard InChI is InChI=1S/C14H19FN2O2/c15-13-4-2-12(3-5-13)14(19)17-7-1-6-16(8-9-17)10-11-18/h2-5,18H,1,6-11H2. The number of nitrogens with zero attached hydrogens (tertiary/aromatic N) is 2. The third-order valence-electron chi connectivity index (χ3n) is 3.38. The van der Waals surface area contributed by atoms with Crippen LogP contribution in [0.2, 0.25) is 0 Å². The number of hydrogen-bond acceptors (Lipinski definition) is 3. The van der Waals surface area contributed by atoms with E-state index in [1.54, 1.807) is 4.90 Å². The van der Waals surface area contributed by atoms with Crippen molar-refractivity contribution in [1.82, 2.24) is 9.80 Å². The number of aliphatic hydroxyl groups is 1. The van der Waals surface area contributed by atoms with Gasteiger partial charge < -0.3 is 10.0 Å². The van der Waals surface area contributed by atoms with E-state index in [2.05, 4.69) is 4.90 Å². The Bertz CT molecular complexity index is 422. The second-order valence-electron chi connectivity index (χ2n) is 4.72. The van der Waals surface area contributed by atoms with E-state index in [9.17, 15) is 9.18 Å². The zero-order valence-corrected chi connectivity index (χ0v) is 10.9. The van der Waals surface area contributed by atoms with Gasteiger partial charge >= 0.3 is 0 Å². The van der Waals surface area contributed by atoms with Crippen molar-refractivity contribution < 1.29 is 14.3 Å². The van der Waals surface area contributed by atoms with Crippen molar-refractivity contribution in [3.63, 3.8) is 0 Å². The maximum Gasteiger partial charge on any atom is 0.253 e. The summed E-state index contributed by atoms with van der Waals surface area (Å²) in [5.41, 5.74) is 0.525. The average Bonchev–Trinajstić information content (AvgIpc) is 2.65. The number of aliphatic hydroxyl groups excluding tert-OH is 1. The summed E-state index contributed by atoms with van der Waals surface area (Å²) in [6.07, 6.45) is 0.896. The van der Waals surface area contributed by atoms with Gasteiger partial charge in [0.1, 0.15) is 5.82 Å². The molecule has 1 fully saturated rings. The van der Waals surface area contributed by atoms with Gasteiger partial charge in [0.25, 0.3) is 5.91 Å². The van der Waals surface area contributed by atoms with Gasteiger partial charge in [0.2, 0.25) is 0 Å². The molecule has 0 unspecified atom stereocenters. The molecule has 104 valence electrons. The van der Waals surface area contributed by atoms with Crippen molar-refractivity contribution in [2.75, 3.05) is 39.3 Å². The molecule has 0 bridgehead atoms. The predicted molar refractivity (Wildman–Crippen MR) is 70.4 cm³/mol. The van der Waals surface area contributed by atoms with E-state index in [-0.39, 0.29) is 18.3 Å². The normalized spacial score (nSPS) is 17.3. The van der Waals surface area contributed by atoms with Crippen molar-refractivity contribution in [1.29, 1.82) is 0 Å². The van der Waals surface area contributed by atoms with E-state index in [0.29, 0.717) is 25.2 Å². The van der Waals surface area contributed by atoms with E-state index >= 15 is 0 Å². The van der Waals surface area contributed by atoms with Gasteiger partial charge in [0, 0.05) is 31.7 Å². The molecule has 5 heteroatoms. The van der Waals surface area contributed by atoms with Crippen LogP contribution in [0.4, 0.5) is 4.39 Å². The van der Waals surface area contributed by atoms with Crippen molar-refractivity contribution in [3.8, 4) is 0 Å². The van der Waals surface area contributed by atoms with Gasteiger partial charge in [-0.2, -0.15) is 0 Å². The highest BCUT2D eigenvalue weighted by atomic mass is 19.1. The molecular formula is C14H19FN2O2. The molecular weight excluding hydrogens is 247 g/mol. The number of rotatable bonds is 3. The minimum absolute atomic E-state index is 0.0501. The largest absolute Gasteiger partial charge is 0.395 e. The fourth-order valence-electron chi connectivity index (χ4n) is 2.31. The monoisotopic (exact) mass is 266 g/mol. The quantitative estimate of drug-likeness (QED) is 0.886. The Morgan fingerprint density at radius 3 is 2.58 bits per heavy atom. The molecule has 1 heterocycles. The smallest absolute Gasteiger partial charge is 0.253 e. The Balaban J connectivity index is 1.98. The second kappa shape index (κ2) is 6.63. The Morgan fingerprint density at radius 2 is 1.89 bits per heavy atom. The van der Waals surface area contributed by atoms with E-state index in [0.717, 1.165) is 19.5 Å². The molecule has 0 radical (unpaired) electrons. The Hall–Kier alpha value is -1.46. The highest BCUT2D eigenvalue weighted by molar-refractivity contribution is 5.94. The van der Waals surface area contributed by atoms with Crippen LogP contribution < -0.4 is 0 Å². The van der Waals surface area contributed by atoms with Crippen molar-refractivity contribution >= 4 is 5.91 Å². The predicted octanol–water partition coefficient (Wildman–Crippen LogP) is 0.966. The van der Waals surface area contributed by atoms with Gasteiger partial charge in [0.15, 0.2) is 0 Å². The van der Waals surface area contributed by atoms with Gasteiger partial charge in [-0.05, 0) is 37.2 Å². The Kier molecular flexibility index (Phi) is 4.87. The van der Waals surface area contributed by atoms with Gasteiger partial charge in [0.05, 0.1) is 6.61 Å². The summed E-state index contributed by atoms with van der Waals surface area (Å²) < 4.78 is 12.8. The number of benzene rings is 1. The molecule has 1 aliphatic heterocycles. The molecule has 1 amide bonds. The molecule has 4 nitrogen and oxygen atoms in total. The third kappa shape index (κ3) is 3.75. The van der Waals surface area contributed by atoms with Crippen LogP contribution >= 0.6 is 0 Å². The topological polar surface area (TPSA) is 43.8 Å². The summed E-state index contributed by atoms with van der Waals surface area (Å²) in [7, 11) is 0. The summed E-state index contributed by atoms with van der Waals surface area (Å²) in [4.78, 5) is 16.2. The van der Waals surface area contributed by atoms with Gasteiger partial charge in [-0.1, -0.05) is 0 Å². The van der Waals surface area contributed by atoms with Crippen molar-refractivity contribution in [2.45, 2.75) is 6.42 Å². The van der Waals surface area contributed by atoms with Crippen LogP contribution in [0.15, 0.2) is 24.3 Å². The molecule has 19 heavy (non-hydrogen) atoms. The first-order valence-corrected chi connectivity index (χ1v) is 6.59. The van der Waals surface area contributed by atoms with Crippen LogP contribution in [-0.4, -0.2) is 60.1 Å². The summed E-state index contributed by atoms with van der Waals surface area (Å²) in [6, 6.07) is 5.66. The van der Waals surface area contributed by atoms with E-state index < -0.39 is 0 Å². The van der Waals surface area contributed by atoms with E-state index in [1.807, 2.05) is 0 Å². The first-order chi connectivity index (χ1) is 9.20. The Labute approximate surface area is 112 Å². The van der Waals surface area contributed by atoms with Crippen LogP contribution in [0.1, 0.15) is 16.8 Å². The molecule has 1 aromatic carbocycles. The lowest BCUT2D eigenvalue weighted by Crippen LogP contribution is -2.35. The first kappa shape index (κ1) is 14.0. The molecule has 0 atom stereocenters. The van der Waals surface area contributed by atoms with Crippen LogP contribution in [0, 0.1) is 5.82 Å². The van der Waals surface area contributed by atoms with Gasteiger partial charge in [-0.3, -0.25) is 9.69 Å². The summed E-state index contributed by atoms with van der Waals surface area (Å²) in [6.45, 7) is 3.82. The van der Waals surface area contributed by atoms with E-state index in [4.69, 9.17) is 5.11 Å². The summed E-state index contributed by atoms with van der Waals surface area (Å²) in [5.74, 6) is -0.382. The van der Waals surface area contributed by atoms with Crippen LogP contribution in [-0.2, 0) is 0 Å². The highest BCUT2D eigenvalue weighted by Crippen LogP contribution is 2.10. The number of carbonyl (C=O) groups excluding carboxylic acids is 1. The van der Waals surface area contributed by atoms with Crippen LogP contribution in [0.3, 0.4) is 0 Å². The fourth-order valence-corrected chi connectivity index (χ4v) is 2.31. The first-order valence-electron chi connectivity index (χ1n) is 6.59. The fraction of sp³-hybridized carbons (Fsp3) is 0.500. The highest BCUT2D eigenvalue weighted by Gasteiger charge is 2.19. The Morgan fingerprint density at radius 1 is 1.16 bits per heavy atom. The molecule has 1 N–H and O–H groups in total. The van der Waals surface area contributed by atoms with E-state index in [1.165, 1.54) is 24.3 Å². The molecule has 0 aliphatic carbocycles. The number of amides is 1. The second-order valence-corrected chi connectivity index (χ2v) is 4.72. The van der Waals surface area contributed by atoms with Crippen LogP contribution in [0.25, 0.3) is 0 Å². The molecule has 1 aliphatic rings. The van der Waals surface area contributed by atoms with Crippen molar-refractivity contribution in [2.24, 2.45) is 0 Å². The zero-order valence-electron chi connectivity index (χ0n) is 10.9. The molecule has 0 spiro atoms. The molecule has 2 rings (SSSR count). The minimum atomic E-state index is -0.332. The lowest BCUT2D eigenvalue weighted by molar-refractivity contribution is 0.0760. The lowest BCUT2D eigenvalue weighted by atomic mass is 10.2. The molecule has 1 saturated heterocycles. The number of carbonyl (C=O) groups is 1. The summed E-state index contributed by atoms with van der Waals surface area (Å²) >= 11 is 0. The number of hydrogen-bond donors (Lipinski definition) is 1. The van der Waals surface area contributed by atoms with Crippen LogP contribution in [0.5, 0.6) is 0 Å². The number of β-amino-alcohol motifs (C(OH)–C–C–N with tert-alkyl or cyclic N) is 1. The molecule has 0 saturated carbocycles. The maximum absolute atomic E-state index is 12.8. The van der Waals surface area contributed by atoms with Gasteiger partial charge in [-0.25, -0.2) is 4.39 Å².